The lowest BCUT2D eigenvalue weighted by Gasteiger charge is -2.16. The number of imidazole rings is 1. The molecule has 0 spiro atoms. The second-order valence-electron chi connectivity index (χ2n) is 8.52. The van der Waals surface area contributed by atoms with Gasteiger partial charge in [-0.1, -0.05) is 26.8 Å². The molecule has 3 N–H and O–H groups in total. The number of aliphatic hydroxyl groups is 1. The van der Waals surface area contributed by atoms with E-state index in [-0.39, 0.29) is 27.1 Å². The molecule has 2 aromatic carbocycles. The van der Waals surface area contributed by atoms with Crippen LogP contribution in [0.25, 0.3) is 0 Å². The molecule has 190 valence electrons. The molecule has 0 amide bonds. The zero-order valence-corrected chi connectivity index (χ0v) is 21.7. The maximum atomic E-state index is 13.3. The Morgan fingerprint density at radius 1 is 1.03 bits per heavy atom. The van der Waals surface area contributed by atoms with Crippen molar-refractivity contribution in [2.24, 2.45) is 0 Å². The van der Waals surface area contributed by atoms with Crippen molar-refractivity contribution in [2.75, 3.05) is 18.4 Å². The van der Waals surface area contributed by atoms with Gasteiger partial charge in [-0.25, -0.2) is 26.5 Å². The van der Waals surface area contributed by atoms with Gasteiger partial charge < -0.3 is 15.0 Å². The van der Waals surface area contributed by atoms with Crippen LogP contribution >= 0.6 is 0 Å². The first kappa shape index (κ1) is 26.9. The number of nitrogens with one attached hydrogen (secondary N) is 2. The molecule has 1 atom stereocenters. The first-order chi connectivity index (χ1) is 16.5. The highest BCUT2D eigenvalue weighted by Crippen LogP contribution is 2.30. The van der Waals surface area contributed by atoms with Gasteiger partial charge in [-0.2, -0.15) is 0 Å². The molecule has 0 aliphatic heterocycles. The van der Waals surface area contributed by atoms with Crippen molar-refractivity contribution in [2.45, 2.75) is 60.4 Å². The minimum Gasteiger partial charge on any atom is -0.391 e. The van der Waals surface area contributed by atoms with E-state index in [0.717, 1.165) is 0 Å². The zero-order chi connectivity index (χ0) is 25.6. The number of rotatable bonds is 12. The van der Waals surface area contributed by atoms with Crippen molar-refractivity contribution in [1.82, 2.24) is 14.3 Å². The summed E-state index contributed by atoms with van der Waals surface area (Å²) in [7, 11) is -7.92. The smallest absolute Gasteiger partial charge is 0.240 e. The minimum atomic E-state index is -3.96. The summed E-state index contributed by atoms with van der Waals surface area (Å²) >= 11 is 0. The Balaban J connectivity index is 1.87. The predicted molar refractivity (Wildman–Crippen MR) is 135 cm³/mol. The van der Waals surface area contributed by atoms with Gasteiger partial charge in [0.05, 0.1) is 27.1 Å². The highest BCUT2D eigenvalue weighted by molar-refractivity contribution is 7.91. The van der Waals surface area contributed by atoms with E-state index in [9.17, 15) is 21.9 Å². The molecule has 0 aliphatic rings. The Morgan fingerprint density at radius 2 is 1.71 bits per heavy atom. The van der Waals surface area contributed by atoms with E-state index in [0.29, 0.717) is 30.8 Å². The third-order valence-electron chi connectivity index (χ3n) is 5.61. The summed E-state index contributed by atoms with van der Waals surface area (Å²) in [5.41, 5.74) is 1.21. The van der Waals surface area contributed by atoms with E-state index in [4.69, 9.17) is 0 Å². The summed E-state index contributed by atoms with van der Waals surface area (Å²) in [6, 6.07) is 10.4. The van der Waals surface area contributed by atoms with Crippen LogP contribution in [0.2, 0.25) is 0 Å². The van der Waals surface area contributed by atoms with E-state index in [1.54, 1.807) is 41.5 Å². The number of sulfone groups is 1. The molecular weight excluding hydrogens is 488 g/mol. The minimum absolute atomic E-state index is 0.0489. The SMILES string of the molecule is CCC(O)CNc1ccc(S(=O)(=O)c2ccc(C(C)C)c(S(=O)(=O)NCCn3ccnc3)c2)cc1. The number of aliphatic hydroxyl groups excluding tert-OH is 1. The molecule has 35 heavy (non-hydrogen) atoms. The first-order valence-corrected chi connectivity index (χ1v) is 14.4. The molecule has 0 radical (unpaired) electrons. The lowest BCUT2D eigenvalue weighted by Crippen LogP contribution is -2.28. The second kappa shape index (κ2) is 11.3. The van der Waals surface area contributed by atoms with Gasteiger partial charge in [0, 0.05) is 37.7 Å². The Labute approximate surface area is 207 Å². The van der Waals surface area contributed by atoms with E-state index in [1.807, 2.05) is 20.8 Å². The van der Waals surface area contributed by atoms with Crippen molar-refractivity contribution < 1.29 is 21.9 Å². The second-order valence-corrected chi connectivity index (χ2v) is 12.2. The summed E-state index contributed by atoms with van der Waals surface area (Å²) in [5, 5.41) is 12.7. The summed E-state index contributed by atoms with van der Waals surface area (Å²) in [4.78, 5) is 3.83. The monoisotopic (exact) mass is 520 g/mol. The van der Waals surface area contributed by atoms with Crippen LogP contribution in [0.15, 0.2) is 75.9 Å². The van der Waals surface area contributed by atoms with Crippen LogP contribution in [0.1, 0.15) is 38.7 Å². The largest absolute Gasteiger partial charge is 0.391 e. The molecule has 1 heterocycles. The molecule has 0 saturated carbocycles. The molecule has 9 nitrogen and oxygen atoms in total. The van der Waals surface area contributed by atoms with Gasteiger partial charge in [0.1, 0.15) is 0 Å². The number of anilines is 1. The van der Waals surface area contributed by atoms with Crippen molar-refractivity contribution >= 4 is 25.5 Å². The molecule has 11 heteroatoms. The number of benzene rings is 2. The van der Waals surface area contributed by atoms with Crippen molar-refractivity contribution in [3.05, 3.63) is 66.7 Å². The fourth-order valence-corrected chi connectivity index (χ4v) is 6.24. The summed E-state index contributed by atoms with van der Waals surface area (Å²) in [5.74, 6) is -0.129. The van der Waals surface area contributed by atoms with Crippen LogP contribution in [-0.4, -0.2) is 50.7 Å². The Kier molecular flexibility index (Phi) is 8.70. The number of hydrogen-bond donors (Lipinski definition) is 3. The van der Waals surface area contributed by atoms with E-state index in [1.165, 1.54) is 24.3 Å². The summed E-state index contributed by atoms with van der Waals surface area (Å²) in [6.45, 7) is 6.47. The average molecular weight is 521 g/mol. The number of sulfonamides is 1. The van der Waals surface area contributed by atoms with Crippen LogP contribution in [0, 0.1) is 0 Å². The topological polar surface area (TPSA) is 130 Å². The number of hydrogen-bond acceptors (Lipinski definition) is 7. The van der Waals surface area contributed by atoms with Gasteiger partial charge in [0.25, 0.3) is 0 Å². The Hall–Kier alpha value is -2.73. The molecule has 0 fully saturated rings. The molecule has 1 unspecified atom stereocenters. The fraction of sp³-hybridized carbons (Fsp3) is 0.375. The molecule has 0 saturated heterocycles. The molecule has 0 aliphatic carbocycles. The van der Waals surface area contributed by atoms with Crippen LogP contribution in [0.3, 0.4) is 0 Å². The zero-order valence-electron chi connectivity index (χ0n) is 20.0. The highest BCUT2D eigenvalue weighted by Gasteiger charge is 2.25. The fourth-order valence-electron chi connectivity index (χ4n) is 3.47. The lowest BCUT2D eigenvalue weighted by atomic mass is 10.0. The Morgan fingerprint density at radius 3 is 2.31 bits per heavy atom. The lowest BCUT2D eigenvalue weighted by molar-refractivity contribution is 0.183. The maximum absolute atomic E-state index is 13.3. The molecule has 1 aromatic heterocycles. The van der Waals surface area contributed by atoms with Crippen molar-refractivity contribution in [3.8, 4) is 0 Å². The average Bonchev–Trinajstić information content (AvgIpc) is 3.35. The normalized spacial score (nSPS) is 13.2. The van der Waals surface area contributed by atoms with E-state index >= 15 is 0 Å². The van der Waals surface area contributed by atoms with Crippen LogP contribution < -0.4 is 10.0 Å². The maximum Gasteiger partial charge on any atom is 0.240 e. The standard InChI is InChI=1S/C24H32N4O5S2/c1-4-20(29)16-26-19-5-7-21(8-6-19)34(30,31)22-9-10-23(18(2)3)24(15-22)35(32,33)27-12-14-28-13-11-25-17-28/h5-11,13,15,17-18,20,26-27,29H,4,12,14,16H2,1-3H3. The van der Waals surface area contributed by atoms with Crippen molar-refractivity contribution in [3.63, 3.8) is 0 Å². The van der Waals surface area contributed by atoms with Gasteiger partial charge in [0.15, 0.2) is 0 Å². The van der Waals surface area contributed by atoms with Gasteiger partial charge >= 0.3 is 0 Å². The third kappa shape index (κ3) is 6.69. The predicted octanol–water partition coefficient (Wildman–Crippen LogP) is 3.00. The first-order valence-electron chi connectivity index (χ1n) is 11.4. The molecule has 3 rings (SSSR count). The molecule has 3 aromatic rings. The van der Waals surface area contributed by atoms with Crippen molar-refractivity contribution in [1.29, 1.82) is 0 Å². The van der Waals surface area contributed by atoms with Crippen LogP contribution in [0.5, 0.6) is 0 Å². The van der Waals surface area contributed by atoms with Gasteiger partial charge in [-0.05, 0) is 54.3 Å². The summed E-state index contributed by atoms with van der Waals surface area (Å²) < 4.78 is 57.2. The molecular formula is C24H32N4O5S2. The van der Waals surface area contributed by atoms with Gasteiger partial charge in [0.2, 0.25) is 19.9 Å². The third-order valence-corrected chi connectivity index (χ3v) is 8.89. The summed E-state index contributed by atoms with van der Waals surface area (Å²) in [6.07, 6.45) is 5.04. The van der Waals surface area contributed by atoms with Gasteiger partial charge in [-0.3, -0.25) is 0 Å². The highest BCUT2D eigenvalue weighted by atomic mass is 32.2. The quantitative estimate of drug-likeness (QED) is 0.335. The van der Waals surface area contributed by atoms with E-state index in [2.05, 4.69) is 15.0 Å². The number of aromatic nitrogens is 2. The number of nitrogens with zero attached hydrogens (tertiary/aromatic N) is 2. The van der Waals surface area contributed by atoms with Gasteiger partial charge in [-0.15, -0.1) is 0 Å². The molecule has 0 bridgehead atoms. The van der Waals surface area contributed by atoms with Crippen LogP contribution in [0.4, 0.5) is 5.69 Å². The van der Waals surface area contributed by atoms with Crippen LogP contribution in [-0.2, 0) is 26.4 Å². The Bertz CT molecular complexity index is 1320. The van der Waals surface area contributed by atoms with E-state index < -0.39 is 26.0 Å².